The predicted octanol–water partition coefficient (Wildman–Crippen LogP) is 0.119. The molecule has 1 saturated carbocycles. The molecule has 9 heteroatoms. The Hall–Kier alpha value is -2.16. The van der Waals surface area contributed by atoms with Crippen LogP contribution in [0.25, 0.3) is 0 Å². The number of nitrogens with one attached hydrogen (secondary N) is 1. The van der Waals surface area contributed by atoms with Gasteiger partial charge in [-0.1, -0.05) is 27.2 Å². The zero-order valence-corrected chi connectivity index (χ0v) is 16.7. The number of nitrogens with two attached hydrogens (primary N) is 1. The standard InChI is InChI=1S/C18H31N3O6/c1-10-7-6-8-18(2,3)14(10)27-17(26)13(16(25)21(4)5)20-15(24)11(19)9-12(22)23/h10-11,13-14H,6-9,19H2,1-5H3,(H,20,24)(H,22,23)/t10?,11-,13?,14?/m0/s1. The predicted molar refractivity (Wildman–Crippen MR) is 97.5 cm³/mol. The van der Waals surface area contributed by atoms with Crippen LogP contribution in [0.2, 0.25) is 0 Å². The van der Waals surface area contributed by atoms with Gasteiger partial charge >= 0.3 is 11.9 Å². The van der Waals surface area contributed by atoms with Crippen LogP contribution in [-0.4, -0.2) is 66.0 Å². The van der Waals surface area contributed by atoms with E-state index in [0.717, 1.165) is 24.2 Å². The molecule has 154 valence electrons. The lowest BCUT2D eigenvalue weighted by molar-refractivity contribution is -0.169. The summed E-state index contributed by atoms with van der Waals surface area (Å²) in [5, 5.41) is 11.0. The number of hydrogen-bond donors (Lipinski definition) is 3. The number of carbonyl (C=O) groups is 4. The maximum absolute atomic E-state index is 12.7. The van der Waals surface area contributed by atoms with Crippen molar-refractivity contribution in [3.05, 3.63) is 0 Å². The number of carbonyl (C=O) groups excluding carboxylic acids is 3. The molecule has 0 saturated heterocycles. The molecule has 0 aromatic carbocycles. The molecule has 4 N–H and O–H groups in total. The first-order valence-corrected chi connectivity index (χ1v) is 9.06. The molecule has 0 aromatic heterocycles. The van der Waals surface area contributed by atoms with Gasteiger partial charge in [0, 0.05) is 19.5 Å². The SMILES string of the molecule is CC1CCCC(C)(C)C1OC(=O)C(NC(=O)[C@@H](N)CC(=O)O)C(=O)N(C)C. The van der Waals surface area contributed by atoms with Crippen LogP contribution < -0.4 is 11.1 Å². The summed E-state index contributed by atoms with van der Waals surface area (Å²) in [6.45, 7) is 6.00. The Morgan fingerprint density at radius 1 is 1.30 bits per heavy atom. The molecule has 0 spiro atoms. The fourth-order valence-corrected chi connectivity index (χ4v) is 3.42. The van der Waals surface area contributed by atoms with E-state index in [9.17, 15) is 19.2 Å². The van der Waals surface area contributed by atoms with E-state index >= 15 is 0 Å². The van der Waals surface area contributed by atoms with E-state index in [4.69, 9.17) is 15.6 Å². The van der Waals surface area contributed by atoms with E-state index in [0.29, 0.717) is 0 Å². The molecule has 0 bridgehead atoms. The Morgan fingerprint density at radius 3 is 2.37 bits per heavy atom. The van der Waals surface area contributed by atoms with Crippen LogP contribution in [0.5, 0.6) is 0 Å². The van der Waals surface area contributed by atoms with Gasteiger partial charge in [-0.25, -0.2) is 4.79 Å². The van der Waals surface area contributed by atoms with Crippen LogP contribution in [0.1, 0.15) is 46.5 Å². The van der Waals surface area contributed by atoms with Crippen LogP contribution in [0.15, 0.2) is 0 Å². The lowest BCUT2D eigenvalue weighted by atomic mass is 9.70. The van der Waals surface area contributed by atoms with Crippen LogP contribution in [-0.2, 0) is 23.9 Å². The van der Waals surface area contributed by atoms with Crippen molar-refractivity contribution in [3.63, 3.8) is 0 Å². The smallest absolute Gasteiger partial charge is 0.338 e. The highest BCUT2D eigenvalue weighted by atomic mass is 16.5. The second-order valence-corrected chi connectivity index (χ2v) is 8.09. The monoisotopic (exact) mass is 385 g/mol. The second kappa shape index (κ2) is 9.16. The lowest BCUT2D eigenvalue weighted by Gasteiger charge is -2.42. The van der Waals surface area contributed by atoms with Gasteiger partial charge < -0.3 is 25.8 Å². The third kappa shape index (κ3) is 6.20. The molecule has 1 rings (SSSR count). The summed E-state index contributed by atoms with van der Waals surface area (Å²) < 4.78 is 5.66. The molecule has 1 aliphatic rings. The number of hydrogen-bond acceptors (Lipinski definition) is 6. The van der Waals surface area contributed by atoms with Crippen LogP contribution >= 0.6 is 0 Å². The van der Waals surface area contributed by atoms with Gasteiger partial charge in [-0.3, -0.25) is 14.4 Å². The topological polar surface area (TPSA) is 139 Å². The summed E-state index contributed by atoms with van der Waals surface area (Å²) in [5.41, 5.74) is 5.28. The zero-order chi connectivity index (χ0) is 20.9. The van der Waals surface area contributed by atoms with E-state index < -0.39 is 42.3 Å². The van der Waals surface area contributed by atoms with Gasteiger partial charge in [-0.05, 0) is 18.8 Å². The van der Waals surface area contributed by atoms with Crippen molar-refractivity contribution < 1.29 is 29.0 Å². The molecule has 27 heavy (non-hydrogen) atoms. The highest BCUT2D eigenvalue weighted by Gasteiger charge is 2.42. The second-order valence-electron chi connectivity index (χ2n) is 8.09. The molecule has 0 aliphatic heterocycles. The largest absolute Gasteiger partial charge is 0.481 e. The van der Waals surface area contributed by atoms with Crippen LogP contribution in [0.3, 0.4) is 0 Å². The van der Waals surface area contributed by atoms with Gasteiger partial charge in [-0.2, -0.15) is 0 Å². The Bertz CT molecular complexity index is 590. The van der Waals surface area contributed by atoms with Crippen molar-refractivity contribution in [3.8, 4) is 0 Å². The molecular weight excluding hydrogens is 354 g/mol. The highest BCUT2D eigenvalue weighted by Crippen LogP contribution is 2.40. The fourth-order valence-electron chi connectivity index (χ4n) is 3.42. The summed E-state index contributed by atoms with van der Waals surface area (Å²) in [6, 6.07) is -2.95. The number of carboxylic acid groups (broad SMARTS) is 1. The van der Waals surface area contributed by atoms with Crippen LogP contribution in [0, 0.1) is 11.3 Å². The van der Waals surface area contributed by atoms with E-state index in [1.807, 2.05) is 20.8 Å². The van der Waals surface area contributed by atoms with Gasteiger partial charge in [0.05, 0.1) is 12.5 Å². The van der Waals surface area contributed by atoms with Crippen molar-refractivity contribution in [2.24, 2.45) is 17.1 Å². The third-order valence-electron chi connectivity index (χ3n) is 4.95. The minimum atomic E-state index is -1.57. The normalized spacial score (nSPS) is 23.6. The quantitative estimate of drug-likeness (QED) is 0.418. The average molecular weight is 385 g/mol. The first-order chi connectivity index (χ1) is 12.4. The Morgan fingerprint density at radius 2 is 1.89 bits per heavy atom. The number of amides is 2. The molecule has 1 fully saturated rings. The number of rotatable bonds is 7. The minimum absolute atomic E-state index is 0.123. The number of carboxylic acids is 1. The van der Waals surface area contributed by atoms with Gasteiger partial charge in [0.25, 0.3) is 5.91 Å². The van der Waals surface area contributed by atoms with Gasteiger partial charge in [-0.15, -0.1) is 0 Å². The van der Waals surface area contributed by atoms with Crippen molar-refractivity contribution in [1.29, 1.82) is 0 Å². The number of aliphatic carboxylic acids is 1. The number of likely N-dealkylation sites (N-methyl/N-ethyl adjacent to an activating group) is 1. The molecule has 9 nitrogen and oxygen atoms in total. The van der Waals surface area contributed by atoms with E-state index in [-0.39, 0.29) is 17.4 Å². The third-order valence-corrected chi connectivity index (χ3v) is 4.95. The Balaban J connectivity index is 2.96. The molecule has 0 aromatic rings. The molecule has 3 unspecified atom stereocenters. The molecule has 0 radical (unpaired) electrons. The highest BCUT2D eigenvalue weighted by molar-refractivity contribution is 6.05. The van der Waals surface area contributed by atoms with Crippen molar-refractivity contribution in [1.82, 2.24) is 10.2 Å². The number of ether oxygens (including phenoxy) is 1. The number of esters is 1. The molecule has 0 heterocycles. The van der Waals surface area contributed by atoms with E-state index in [1.165, 1.54) is 14.1 Å². The maximum atomic E-state index is 12.7. The zero-order valence-electron chi connectivity index (χ0n) is 16.7. The Labute approximate surface area is 159 Å². The first kappa shape index (κ1) is 22.9. The summed E-state index contributed by atoms with van der Waals surface area (Å²) in [7, 11) is 2.89. The number of nitrogens with zero attached hydrogens (tertiary/aromatic N) is 1. The van der Waals surface area contributed by atoms with Crippen LogP contribution in [0.4, 0.5) is 0 Å². The molecule has 4 atom stereocenters. The average Bonchev–Trinajstić information content (AvgIpc) is 2.54. The van der Waals surface area contributed by atoms with Gasteiger partial charge in [0.1, 0.15) is 6.10 Å². The molecular formula is C18H31N3O6. The van der Waals surface area contributed by atoms with E-state index in [1.54, 1.807) is 0 Å². The van der Waals surface area contributed by atoms with E-state index in [2.05, 4.69) is 5.32 Å². The lowest BCUT2D eigenvalue weighted by Crippen LogP contribution is -2.57. The van der Waals surface area contributed by atoms with Crippen molar-refractivity contribution >= 4 is 23.8 Å². The first-order valence-electron chi connectivity index (χ1n) is 9.06. The van der Waals surface area contributed by atoms with Crippen molar-refractivity contribution in [2.75, 3.05) is 14.1 Å². The summed E-state index contributed by atoms with van der Waals surface area (Å²) in [5.74, 6) is -3.56. The summed E-state index contributed by atoms with van der Waals surface area (Å²) >= 11 is 0. The fraction of sp³-hybridized carbons (Fsp3) is 0.778. The minimum Gasteiger partial charge on any atom is -0.481 e. The summed E-state index contributed by atoms with van der Waals surface area (Å²) in [4.78, 5) is 49.1. The van der Waals surface area contributed by atoms with Gasteiger partial charge in [0.2, 0.25) is 11.9 Å². The van der Waals surface area contributed by atoms with Gasteiger partial charge in [0.15, 0.2) is 0 Å². The maximum Gasteiger partial charge on any atom is 0.338 e. The molecule has 1 aliphatic carbocycles. The Kier molecular flexibility index (Phi) is 7.77. The summed E-state index contributed by atoms with van der Waals surface area (Å²) in [6.07, 6.45) is 1.82. The molecule has 2 amide bonds. The van der Waals surface area contributed by atoms with Crippen molar-refractivity contribution in [2.45, 2.75) is 64.6 Å².